The Bertz CT molecular complexity index is 194. The Labute approximate surface area is 88.7 Å². The summed E-state index contributed by atoms with van der Waals surface area (Å²) in [4.78, 5) is 0. The average molecular weight is 193 g/mol. The minimum Gasteiger partial charge on any atom is -0.311 e. The van der Waals surface area contributed by atoms with E-state index in [0.29, 0.717) is 5.54 Å². The van der Waals surface area contributed by atoms with Gasteiger partial charge in [0.2, 0.25) is 0 Å². The highest BCUT2D eigenvalue weighted by molar-refractivity contribution is 4.95. The number of rotatable bonds is 5. The van der Waals surface area contributed by atoms with E-state index in [-0.39, 0.29) is 0 Å². The van der Waals surface area contributed by atoms with Crippen LogP contribution in [0.25, 0.3) is 0 Å². The maximum atomic E-state index is 5.29. The molecule has 0 amide bonds. The van der Waals surface area contributed by atoms with E-state index in [1.807, 2.05) is 0 Å². The Hall–Kier alpha value is -0.480. The van der Waals surface area contributed by atoms with Gasteiger partial charge in [0.15, 0.2) is 0 Å². The van der Waals surface area contributed by atoms with Crippen molar-refractivity contribution >= 4 is 0 Å². The predicted octanol–water partition coefficient (Wildman–Crippen LogP) is 2.96. The lowest BCUT2D eigenvalue weighted by Crippen LogP contribution is -2.40. The largest absolute Gasteiger partial charge is 0.311 e. The van der Waals surface area contributed by atoms with Gasteiger partial charge in [-0.1, -0.05) is 13.8 Å². The molecule has 1 N–H and O–H groups in total. The lowest BCUT2D eigenvalue weighted by Gasteiger charge is -2.31. The molecule has 1 atom stereocenters. The van der Waals surface area contributed by atoms with Crippen LogP contribution >= 0.6 is 0 Å². The highest BCUT2D eigenvalue weighted by atomic mass is 15.0. The van der Waals surface area contributed by atoms with Gasteiger partial charge in [-0.3, -0.25) is 0 Å². The van der Waals surface area contributed by atoms with E-state index in [2.05, 4.69) is 25.1 Å². The molecule has 0 aromatic carbocycles. The quantitative estimate of drug-likeness (QED) is 0.523. The van der Waals surface area contributed by atoms with Gasteiger partial charge in [0.25, 0.3) is 0 Å². The number of hydrogen-bond donors (Lipinski definition) is 1. The zero-order valence-corrected chi connectivity index (χ0v) is 9.60. The van der Waals surface area contributed by atoms with Crippen LogP contribution in [0.1, 0.15) is 52.4 Å². The second-order valence-corrected chi connectivity index (χ2v) is 4.97. The van der Waals surface area contributed by atoms with Gasteiger partial charge < -0.3 is 5.32 Å². The van der Waals surface area contributed by atoms with Crippen LogP contribution < -0.4 is 5.32 Å². The highest BCUT2D eigenvalue weighted by Gasteiger charge is 2.32. The number of unbranched alkanes of at least 4 members (excludes halogenated alkanes) is 1. The fourth-order valence-electron chi connectivity index (χ4n) is 2.67. The third-order valence-corrected chi connectivity index (χ3v) is 3.11. The van der Waals surface area contributed by atoms with Gasteiger partial charge in [-0.15, -0.1) is 12.3 Å². The first kappa shape index (κ1) is 11.6. The molecule has 1 heterocycles. The Balaban J connectivity index is 2.41. The molecule has 1 rings (SSSR count). The van der Waals surface area contributed by atoms with E-state index in [9.17, 15) is 0 Å². The van der Waals surface area contributed by atoms with Crippen LogP contribution in [0.3, 0.4) is 0 Å². The molecular formula is C13H23N. The lowest BCUT2D eigenvalue weighted by molar-refractivity contribution is 0.279. The molecule has 1 fully saturated rings. The molecule has 1 aliphatic rings. The molecular weight excluding hydrogens is 170 g/mol. The molecule has 1 unspecified atom stereocenters. The van der Waals surface area contributed by atoms with Gasteiger partial charge in [0, 0.05) is 12.0 Å². The molecule has 0 aromatic rings. The normalized spacial score (nSPS) is 26.7. The molecule has 1 aliphatic heterocycles. The van der Waals surface area contributed by atoms with E-state index >= 15 is 0 Å². The Morgan fingerprint density at radius 2 is 2.29 bits per heavy atom. The Kier molecular flexibility index (Phi) is 4.48. The first-order valence-electron chi connectivity index (χ1n) is 5.87. The third-order valence-electron chi connectivity index (χ3n) is 3.11. The van der Waals surface area contributed by atoms with Crippen LogP contribution in [0, 0.1) is 18.3 Å². The van der Waals surface area contributed by atoms with Crippen molar-refractivity contribution in [1.29, 1.82) is 0 Å². The van der Waals surface area contributed by atoms with Crippen molar-refractivity contribution in [1.82, 2.24) is 5.32 Å². The van der Waals surface area contributed by atoms with Crippen molar-refractivity contribution in [3.05, 3.63) is 0 Å². The van der Waals surface area contributed by atoms with Crippen molar-refractivity contribution in [3.63, 3.8) is 0 Å². The van der Waals surface area contributed by atoms with Crippen LogP contribution in [0.2, 0.25) is 0 Å². The summed E-state index contributed by atoms with van der Waals surface area (Å²) in [6.07, 6.45) is 12.6. The maximum Gasteiger partial charge on any atom is 0.0184 e. The topological polar surface area (TPSA) is 12.0 Å². The molecule has 0 saturated carbocycles. The average Bonchev–Trinajstić information content (AvgIpc) is 2.53. The Morgan fingerprint density at radius 1 is 1.50 bits per heavy atom. The lowest BCUT2D eigenvalue weighted by atomic mass is 9.83. The van der Waals surface area contributed by atoms with Crippen molar-refractivity contribution in [2.75, 3.05) is 6.54 Å². The monoisotopic (exact) mass is 193 g/mol. The van der Waals surface area contributed by atoms with Crippen molar-refractivity contribution in [2.24, 2.45) is 5.92 Å². The minimum atomic E-state index is 0.422. The first-order valence-corrected chi connectivity index (χ1v) is 5.87. The molecule has 1 heteroatoms. The summed E-state index contributed by atoms with van der Waals surface area (Å²) < 4.78 is 0. The number of hydrogen-bond acceptors (Lipinski definition) is 1. The summed E-state index contributed by atoms with van der Waals surface area (Å²) in [6, 6.07) is 0. The molecule has 0 radical (unpaired) electrons. The van der Waals surface area contributed by atoms with Crippen molar-refractivity contribution < 1.29 is 0 Å². The van der Waals surface area contributed by atoms with E-state index in [0.717, 1.165) is 12.3 Å². The van der Waals surface area contributed by atoms with Crippen molar-refractivity contribution in [2.45, 2.75) is 57.9 Å². The van der Waals surface area contributed by atoms with E-state index in [1.165, 1.54) is 38.6 Å². The maximum absolute atomic E-state index is 5.29. The fourth-order valence-corrected chi connectivity index (χ4v) is 2.67. The first-order chi connectivity index (χ1) is 6.68. The zero-order valence-electron chi connectivity index (χ0n) is 9.60. The van der Waals surface area contributed by atoms with E-state index < -0.39 is 0 Å². The van der Waals surface area contributed by atoms with Gasteiger partial charge in [0.05, 0.1) is 0 Å². The summed E-state index contributed by atoms with van der Waals surface area (Å²) in [7, 11) is 0. The van der Waals surface area contributed by atoms with Gasteiger partial charge in [-0.2, -0.15) is 0 Å². The fraction of sp³-hybridized carbons (Fsp3) is 0.846. The predicted molar refractivity (Wildman–Crippen MR) is 62.1 cm³/mol. The molecule has 0 spiro atoms. The number of nitrogens with one attached hydrogen (secondary N) is 1. The highest BCUT2D eigenvalue weighted by Crippen LogP contribution is 2.31. The Morgan fingerprint density at radius 3 is 2.79 bits per heavy atom. The molecule has 1 saturated heterocycles. The molecule has 80 valence electrons. The molecule has 1 nitrogen and oxygen atoms in total. The van der Waals surface area contributed by atoms with Gasteiger partial charge in [-0.05, 0) is 44.6 Å². The minimum absolute atomic E-state index is 0.422. The SMILES string of the molecule is C#CCCCC1(CC(C)C)CCCN1. The van der Waals surface area contributed by atoms with Gasteiger partial charge in [0.1, 0.15) is 0 Å². The summed E-state index contributed by atoms with van der Waals surface area (Å²) in [5.74, 6) is 3.52. The smallest absolute Gasteiger partial charge is 0.0184 e. The van der Waals surface area contributed by atoms with Crippen LogP contribution in [0.4, 0.5) is 0 Å². The number of terminal acetylenes is 1. The van der Waals surface area contributed by atoms with Gasteiger partial charge in [-0.25, -0.2) is 0 Å². The van der Waals surface area contributed by atoms with Crippen LogP contribution in [0.15, 0.2) is 0 Å². The molecule has 0 bridgehead atoms. The van der Waals surface area contributed by atoms with Crippen LogP contribution in [-0.2, 0) is 0 Å². The third kappa shape index (κ3) is 3.35. The second kappa shape index (κ2) is 5.41. The van der Waals surface area contributed by atoms with Crippen molar-refractivity contribution in [3.8, 4) is 12.3 Å². The van der Waals surface area contributed by atoms with Gasteiger partial charge >= 0.3 is 0 Å². The molecule has 0 aliphatic carbocycles. The standard InChI is InChI=1S/C13H23N/c1-4-5-6-8-13(11-12(2)3)9-7-10-14-13/h1,12,14H,5-11H2,2-3H3. The molecule has 0 aromatic heterocycles. The summed E-state index contributed by atoms with van der Waals surface area (Å²) in [5.41, 5.74) is 0.422. The molecule has 14 heavy (non-hydrogen) atoms. The summed E-state index contributed by atoms with van der Waals surface area (Å²) >= 11 is 0. The van der Waals surface area contributed by atoms with Crippen LogP contribution in [0.5, 0.6) is 0 Å². The second-order valence-electron chi connectivity index (χ2n) is 4.97. The summed E-state index contributed by atoms with van der Waals surface area (Å²) in [5, 5.41) is 3.69. The summed E-state index contributed by atoms with van der Waals surface area (Å²) in [6.45, 7) is 5.81. The van der Waals surface area contributed by atoms with E-state index in [1.54, 1.807) is 0 Å². The zero-order chi connectivity index (χ0) is 10.4. The van der Waals surface area contributed by atoms with Crippen LogP contribution in [-0.4, -0.2) is 12.1 Å². The van der Waals surface area contributed by atoms with E-state index in [4.69, 9.17) is 6.42 Å².